The topological polar surface area (TPSA) is 59.4 Å². The van der Waals surface area contributed by atoms with Crippen LogP contribution in [0.4, 0.5) is 13.2 Å². The first-order chi connectivity index (χ1) is 12.3. The van der Waals surface area contributed by atoms with Crippen LogP contribution >= 0.6 is 0 Å². The summed E-state index contributed by atoms with van der Waals surface area (Å²) in [5.41, 5.74) is 0.610. The zero-order valence-electron chi connectivity index (χ0n) is 14.4. The average molecular weight is 347 g/mol. The zero-order chi connectivity index (χ0) is 18.6. The minimum Gasteiger partial charge on any atom is -0.280 e. The molecule has 8 heteroatoms. The van der Waals surface area contributed by atoms with E-state index in [-0.39, 0.29) is 17.6 Å². The average Bonchev–Trinajstić information content (AvgIpc) is 3.17. The fourth-order valence-corrected chi connectivity index (χ4v) is 2.77. The van der Waals surface area contributed by atoms with Crippen molar-refractivity contribution in [3.8, 4) is 5.69 Å². The highest BCUT2D eigenvalue weighted by atomic mass is 19.4. The van der Waals surface area contributed by atoms with E-state index in [1.807, 2.05) is 13.8 Å². The maximum Gasteiger partial charge on any atom is 0.433 e. The molecular weight excluding hydrogens is 331 g/mol. The summed E-state index contributed by atoms with van der Waals surface area (Å²) >= 11 is 0. The lowest BCUT2D eigenvalue weighted by Gasteiger charge is -2.12. The number of imidazole rings is 1. The Morgan fingerprint density at radius 2 is 2.00 bits per heavy atom. The predicted octanol–water partition coefficient (Wildman–Crippen LogP) is 4.44. The van der Waals surface area contributed by atoms with E-state index < -0.39 is 11.9 Å². The summed E-state index contributed by atoms with van der Waals surface area (Å²) in [6.45, 7) is 3.81. The van der Waals surface area contributed by atoms with Gasteiger partial charge in [0.2, 0.25) is 0 Å². The standard InChI is InChI=1S/C17H14F3N5/c1-9(2)15-22-13-5-6-14(17(18,19)20)23-16(13)25(15)11-3-4-12-10(7-11)8-21-24-12/h3-9H,1-2H3,(H,21,24)/i4T. The first kappa shape index (κ1) is 14.4. The van der Waals surface area contributed by atoms with Crippen LogP contribution in [-0.2, 0) is 6.18 Å². The number of halogens is 3. The molecule has 128 valence electrons. The van der Waals surface area contributed by atoms with Gasteiger partial charge < -0.3 is 0 Å². The van der Waals surface area contributed by atoms with Gasteiger partial charge in [-0.2, -0.15) is 18.3 Å². The fourth-order valence-electron chi connectivity index (χ4n) is 2.77. The van der Waals surface area contributed by atoms with E-state index in [0.29, 0.717) is 27.9 Å². The number of fused-ring (bicyclic) bond motifs is 2. The van der Waals surface area contributed by atoms with Gasteiger partial charge in [-0.25, -0.2) is 9.97 Å². The highest BCUT2D eigenvalue weighted by molar-refractivity contribution is 5.82. The van der Waals surface area contributed by atoms with Crippen molar-refractivity contribution in [3.05, 3.63) is 48.0 Å². The first-order valence-corrected chi connectivity index (χ1v) is 7.66. The summed E-state index contributed by atoms with van der Waals surface area (Å²) < 4.78 is 49.1. The summed E-state index contributed by atoms with van der Waals surface area (Å²) in [4.78, 5) is 8.27. The minimum absolute atomic E-state index is 0.0484. The molecule has 3 aromatic heterocycles. The molecule has 0 saturated heterocycles. The molecule has 4 rings (SSSR count). The number of H-pyrrole nitrogens is 1. The lowest BCUT2D eigenvalue weighted by atomic mass is 10.2. The second-order valence-corrected chi connectivity index (χ2v) is 6.06. The van der Waals surface area contributed by atoms with Crippen molar-refractivity contribution < 1.29 is 14.5 Å². The van der Waals surface area contributed by atoms with Crippen molar-refractivity contribution in [2.45, 2.75) is 25.9 Å². The third-order valence-electron chi connectivity index (χ3n) is 3.93. The van der Waals surface area contributed by atoms with Crippen LogP contribution in [0.1, 0.15) is 32.7 Å². The van der Waals surface area contributed by atoms with Gasteiger partial charge in [-0.15, -0.1) is 0 Å². The van der Waals surface area contributed by atoms with Crippen molar-refractivity contribution in [2.75, 3.05) is 0 Å². The Labute approximate surface area is 141 Å². The maximum absolute atomic E-state index is 13.1. The van der Waals surface area contributed by atoms with Gasteiger partial charge >= 0.3 is 6.18 Å². The van der Waals surface area contributed by atoms with E-state index in [4.69, 9.17) is 1.37 Å². The Bertz CT molecular complexity index is 1130. The highest BCUT2D eigenvalue weighted by Gasteiger charge is 2.33. The van der Waals surface area contributed by atoms with Gasteiger partial charge in [-0.1, -0.05) is 13.8 Å². The number of nitrogens with zero attached hydrogens (tertiary/aromatic N) is 4. The van der Waals surface area contributed by atoms with Gasteiger partial charge in [-0.3, -0.25) is 9.67 Å². The van der Waals surface area contributed by atoms with Crippen LogP contribution in [0.15, 0.2) is 36.5 Å². The number of pyridine rings is 1. The number of aromatic amines is 1. The molecule has 5 nitrogen and oxygen atoms in total. The predicted molar refractivity (Wildman–Crippen MR) is 87.6 cm³/mol. The Morgan fingerprint density at radius 1 is 1.20 bits per heavy atom. The quantitative estimate of drug-likeness (QED) is 0.583. The van der Waals surface area contributed by atoms with Crippen molar-refractivity contribution >= 4 is 22.1 Å². The van der Waals surface area contributed by atoms with Crippen LogP contribution in [0.25, 0.3) is 27.8 Å². The Balaban J connectivity index is 2.06. The third kappa shape index (κ3) is 2.54. The molecule has 0 aliphatic rings. The summed E-state index contributed by atoms with van der Waals surface area (Å²) in [6, 6.07) is 5.77. The maximum atomic E-state index is 13.1. The fraction of sp³-hybridized carbons (Fsp3) is 0.235. The number of rotatable bonds is 2. The molecule has 1 N–H and O–H groups in total. The van der Waals surface area contributed by atoms with Crippen molar-refractivity contribution in [3.63, 3.8) is 0 Å². The van der Waals surface area contributed by atoms with Crippen LogP contribution in [0.3, 0.4) is 0 Å². The number of alkyl halides is 3. The van der Waals surface area contributed by atoms with Gasteiger partial charge in [0.1, 0.15) is 17.0 Å². The molecule has 25 heavy (non-hydrogen) atoms. The summed E-state index contributed by atoms with van der Waals surface area (Å²) in [6.07, 6.45) is -2.98. The summed E-state index contributed by atoms with van der Waals surface area (Å²) in [5.74, 6) is 0.529. The van der Waals surface area contributed by atoms with Gasteiger partial charge in [0.05, 0.1) is 13.1 Å². The van der Waals surface area contributed by atoms with Crippen LogP contribution in [0.2, 0.25) is 0 Å². The molecule has 0 aliphatic carbocycles. The number of hydrogen-bond donors (Lipinski definition) is 1. The van der Waals surface area contributed by atoms with Crippen LogP contribution in [0.5, 0.6) is 0 Å². The third-order valence-corrected chi connectivity index (χ3v) is 3.93. The molecule has 0 saturated carbocycles. The Morgan fingerprint density at radius 3 is 2.72 bits per heavy atom. The largest absolute Gasteiger partial charge is 0.433 e. The Kier molecular flexibility index (Phi) is 3.06. The molecule has 0 atom stereocenters. The lowest BCUT2D eigenvalue weighted by Crippen LogP contribution is -2.09. The van der Waals surface area contributed by atoms with E-state index in [9.17, 15) is 13.2 Å². The van der Waals surface area contributed by atoms with E-state index in [0.717, 1.165) is 6.07 Å². The lowest BCUT2D eigenvalue weighted by molar-refractivity contribution is -0.141. The van der Waals surface area contributed by atoms with E-state index in [1.54, 1.807) is 22.9 Å². The Hall–Kier alpha value is -2.90. The zero-order valence-corrected chi connectivity index (χ0v) is 13.4. The normalized spacial score (nSPS) is 13.1. The van der Waals surface area contributed by atoms with Crippen molar-refractivity contribution in [2.24, 2.45) is 0 Å². The molecule has 0 radical (unpaired) electrons. The van der Waals surface area contributed by atoms with Gasteiger partial charge in [0.25, 0.3) is 0 Å². The second kappa shape index (κ2) is 5.30. The molecule has 0 amide bonds. The molecule has 0 spiro atoms. The molecule has 3 heterocycles. The van der Waals surface area contributed by atoms with Gasteiger partial charge in [0.15, 0.2) is 5.65 Å². The SMILES string of the molecule is [3H]c1cc(-n2c(C(C)C)nc3ccc(C(F)(F)F)nc32)cc2cn[nH]c12. The minimum atomic E-state index is -4.55. The number of aromatic nitrogens is 5. The highest BCUT2D eigenvalue weighted by Crippen LogP contribution is 2.31. The van der Waals surface area contributed by atoms with Crippen molar-refractivity contribution in [1.82, 2.24) is 24.7 Å². The molecule has 0 fully saturated rings. The molecular formula is C17H14F3N5. The van der Waals surface area contributed by atoms with Crippen LogP contribution in [0, 0.1) is 0 Å². The van der Waals surface area contributed by atoms with E-state index in [2.05, 4.69) is 20.2 Å². The monoisotopic (exact) mass is 347 g/mol. The summed E-state index contributed by atoms with van der Waals surface area (Å²) in [7, 11) is 0. The molecule has 4 aromatic rings. The smallest absolute Gasteiger partial charge is 0.280 e. The number of hydrogen-bond acceptors (Lipinski definition) is 3. The molecule has 0 unspecified atom stereocenters. The molecule has 0 bridgehead atoms. The van der Waals surface area contributed by atoms with E-state index >= 15 is 0 Å². The van der Waals surface area contributed by atoms with Crippen LogP contribution in [-0.4, -0.2) is 24.7 Å². The van der Waals surface area contributed by atoms with E-state index in [1.165, 1.54) is 6.07 Å². The molecule has 0 aliphatic heterocycles. The first-order valence-electron chi connectivity index (χ1n) is 8.16. The van der Waals surface area contributed by atoms with Crippen LogP contribution < -0.4 is 0 Å². The summed E-state index contributed by atoms with van der Waals surface area (Å²) in [5, 5.41) is 7.34. The molecule has 1 aromatic carbocycles. The second-order valence-electron chi connectivity index (χ2n) is 6.06. The van der Waals surface area contributed by atoms with Gasteiger partial charge in [-0.05, 0) is 30.3 Å². The van der Waals surface area contributed by atoms with Gasteiger partial charge in [0, 0.05) is 17.0 Å². The number of benzene rings is 1. The number of nitrogens with one attached hydrogen (secondary N) is 1. The van der Waals surface area contributed by atoms with Crippen molar-refractivity contribution in [1.29, 1.82) is 0 Å².